The maximum absolute atomic E-state index is 3.73. The molecule has 0 aromatic rings. The third kappa shape index (κ3) is 4.80. The SMILES string of the molecule is C=CCCCCCNC1CCC(C)C1. The quantitative estimate of drug-likeness (QED) is 0.484. The summed E-state index contributed by atoms with van der Waals surface area (Å²) in [5, 5.41) is 3.66. The average Bonchev–Trinajstić information content (AvgIpc) is 2.58. The maximum Gasteiger partial charge on any atom is 0.00696 e. The molecule has 1 N–H and O–H groups in total. The van der Waals surface area contributed by atoms with E-state index in [4.69, 9.17) is 0 Å². The van der Waals surface area contributed by atoms with Crippen molar-refractivity contribution in [2.24, 2.45) is 5.92 Å². The summed E-state index contributed by atoms with van der Waals surface area (Å²) in [5.41, 5.74) is 0. The molecule has 0 heterocycles. The molecule has 82 valence electrons. The van der Waals surface area contributed by atoms with E-state index >= 15 is 0 Å². The third-order valence-corrected chi connectivity index (χ3v) is 3.21. The highest BCUT2D eigenvalue weighted by Gasteiger charge is 2.19. The Balaban J connectivity index is 1.86. The Morgan fingerprint density at radius 2 is 2.14 bits per heavy atom. The van der Waals surface area contributed by atoms with Crippen molar-refractivity contribution in [3.63, 3.8) is 0 Å². The Hall–Kier alpha value is -0.300. The van der Waals surface area contributed by atoms with Crippen LogP contribution in [0, 0.1) is 5.92 Å². The molecule has 1 aliphatic rings. The summed E-state index contributed by atoms with van der Waals surface area (Å²) in [6.07, 6.45) is 11.4. The zero-order valence-electron chi connectivity index (χ0n) is 9.60. The molecule has 0 aromatic heterocycles. The first kappa shape index (κ1) is 11.8. The summed E-state index contributed by atoms with van der Waals surface area (Å²) in [7, 11) is 0. The zero-order chi connectivity index (χ0) is 10.2. The highest BCUT2D eigenvalue weighted by molar-refractivity contribution is 4.78. The fraction of sp³-hybridized carbons (Fsp3) is 0.846. The van der Waals surface area contributed by atoms with E-state index in [1.165, 1.54) is 51.5 Å². The molecular weight excluding hydrogens is 170 g/mol. The lowest BCUT2D eigenvalue weighted by Gasteiger charge is -2.11. The number of hydrogen-bond acceptors (Lipinski definition) is 1. The Kier molecular flexibility index (Phi) is 5.93. The molecule has 0 radical (unpaired) electrons. The summed E-state index contributed by atoms with van der Waals surface area (Å²) in [4.78, 5) is 0. The molecule has 1 nitrogen and oxygen atoms in total. The molecule has 14 heavy (non-hydrogen) atoms. The molecule has 1 heteroatoms. The van der Waals surface area contributed by atoms with E-state index in [0.717, 1.165) is 12.0 Å². The van der Waals surface area contributed by atoms with E-state index in [9.17, 15) is 0 Å². The van der Waals surface area contributed by atoms with Crippen molar-refractivity contribution in [1.82, 2.24) is 5.32 Å². The molecule has 1 saturated carbocycles. The molecule has 0 aromatic carbocycles. The van der Waals surface area contributed by atoms with Crippen molar-refractivity contribution in [3.05, 3.63) is 12.7 Å². The smallest absolute Gasteiger partial charge is 0.00696 e. The van der Waals surface area contributed by atoms with Crippen LogP contribution in [0.2, 0.25) is 0 Å². The van der Waals surface area contributed by atoms with Gasteiger partial charge < -0.3 is 5.32 Å². The van der Waals surface area contributed by atoms with Crippen LogP contribution >= 0.6 is 0 Å². The van der Waals surface area contributed by atoms with E-state index in [2.05, 4.69) is 18.8 Å². The Morgan fingerprint density at radius 1 is 1.29 bits per heavy atom. The summed E-state index contributed by atoms with van der Waals surface area (Å²) in [5.74, 6) is 0.952. The van der Waals surface area contributed by atoms with Gasteiger partial charge in [0.2, 0.25) is 0 Å². The van der Waals surface area contributed by atoms with Crippen LogP contribution in [0.25, 0.3) is 0 Å². The van der Waals surface area contributed by atoms with Crippen LogP contribution in [0.4, 0.5) is 0 Å². The van der Waals surface area contributed by atoms with Crippen LogP contribution in [0.15, 0.2) is 12.7 Å². The summed E-state index contributed by atoms with van der Waals surface area (Å²) < 4.78 is 0. The van der Waals surface area contributed by atoms with Crippen molar-refractivity contribution in [2.45, 2.75) is 57.9 Å². The lowest BCUT2D eigenvalue weighted by Crippen LogP contribution is -2.27. The van der Waals surface area contributed by atoms with Gasteiger partial charge in [-0.1, -0.05) is 19.4 Å². The normalized spacial score (nSPS) is 26.6. The van der Waals surface area contributed by atoms with E-state index in [0.29, 0.717) is 0 Å². The van der Waals surface area contributed by atoms with Crippen molar-refractivity contribution in [1.29, 1.82) is 0 Å². The van der Waals surface area contributed by atoms with Crippen molar-refractivity contribution >= 4 is 0 Å². The van der Waals surface area contributed by atoms with E-state index in [1.54, 1.807) is 0 Å². The second-order valence-corrected chi connectivity index (χ2v) is 4.71. The molecule has 1 fully saturated rings. The van der Waals surface area contributed by atoms with Crippen LogP contribution in [-0.4, -0.2) is 12.6 Å². The highest BCUT2D eigenvalue weighted by Crippen LogP contribution is 2.24. The van der Waals surface area contributed by atoms with Crippen LogP contribution in [-0.2, 0) is 0 Å². The number of nitrogens with one attached hydrogen (secondary N) is 1. The predicted molar refractivity (Wildman–Crippen MR) is 63.5 cm³/mol. The molecule has 1 rings (SSSR count). The lowest BCUT2D eigenvalue weighted by atomic mass is 10.1. The summed E-state index contributed by atoms with van der Waals surface area (Å²) in [6, 6.07) is 0.824. The minimum Gasteiger partial charge on any atom is -0.314 e. The second-order valence-electron chi connectivity index (χ2n) is 4.71. The van der Waals surface area contributed by atoms with Gasteiger partial charge in [0.15, 0.2) is 0 Å². The molecule has 0 saturated heterocycles. The molecule has 2 atom stereocenters. The minimum absolute atomic E-state index is 0.824. The maximum atomic E-state index is 3.73. The molecule has 1 aliphatic carbocycles. The Bertz CT molecular complexity index is 153. The molecule has 0 aliphatic heterocycles. The van der Waals surface area contributed by atoms with E-state index in [-0.39, 0.29) is 0 Å². The molecule has 0 amide bonds. The number of unbranched alkanes of at least 4 members (excludes halogenated alkanes) is 3. The van der Waals surface area contributed by atoms with Crippen molar-refractivity contribution in [3.8, 4) is 0 Å². The number of hydrogen-bond donors (Lipinski definition) is 1. The van der Waals surface area contributed by atoms with Gasteiger partial charge in [0.1, 0.15) is 0 Å². The van der Waals surface area contributed by atoms with Gasteiger partial charge in [0, 0.05) is 6.04 Å². The van der Waals surface area contributed by atoms with Crippen LogP contribution in [0.1, 0.15) is 51.9 Å². The molecule has 2 unspecified atom stereocenters. The summed E-state index contributed by atoms with van der Waals surface area (Å²) in [6.45, 7) is 7.32. The number of allylic oxidation sites excluding steroid dienone is 1. The van der Waals surface area contributed by atoms with Gasteiger partial charge in [-0.25, -0.2) is 0 Å². The van der Waals surface area contributed by atoms with Crippen LogP contribution < -0.4 is 5.32 Å². The fourth-order valence-electron chi connectivity index (χ4n) is 2.29. The minimum atomic E-state index is 0.824. The fourth-order valence-corrected chi connectivity index (χ4v) is 2.29. The van der Waals surface area contributed by atoms with Gasteiger partial charge in [0.25, 0.3) is 0 Å². The van der Waals surface area contributed by atoms with Gasteiger partial charge in [-0.05, 0) is 51.0 Å². The van der Waals surface area contributed by atoms with Crippen molar-refractivity contribution in [2.75, 3.05) is 6.54 Å². The first-order chi connectivity index (χ1) is 6.83. The predicted octanol–water partition coefficient (Wildman–Crippen LogP) is 3.51. The largest absolute Gasteiger partial charge is 0.314 e. The number of rotatable bonds is 7. The zero-order valence-corrected chi connectivity index (χ0v) is 9.60. The van der Waals surface area contributed by atoms with E-state index < -0.39 is 0 Å². The molecular formula is C13H25N. The average molecular weight is 195 g/mol. The monoisotopic (exact) mass is 195 g/mol. The molecule has 0 spiro atoms. The first-order valence-electron chi connectivity index (χ1n) is 6.17. The Labute approximate surface area is 89.0 Å². The van der Waals surface area contributed by atoms with Gasteiger partial charge in [-0.3, -0.25) is 0 Å². The highest BCUT2D eigenvalue weighted by atomic mass is 14.9. The van der Waals surface area contributed by atoms with Crippen molar-refractivity contribution < 1.29 is 0 Å². The van der Waals surface area contributed by atoms with E-state index in [1.807, 2.05) is 6.08 Å². The van der Waals surface area contributed by atoms with Gasteiger partial charge in [-0.2, -0.15) is 0 Å². The van der Waals surface area contributed by atoms with Gasteiger partial charge >= 0.3 is 0 Å². The summed E-state index contributed by atoms with van der Waals surface area (Å²) >= 11 is 0. The van der Waals surface area contributed by atoms with Gasteiger partial charge in [0.05, 0.1) is 0 Å². The van der Waals surface area contributed by atoms with Crippen LogP contribution in [0.5, 0.6) is 0 Å². The molecule has 0 bridgehead atoms. The lowest BCUT2D eigenvalue weighted by molar-refractivity contribution is 0.487. The first-order valence-corrected chi connectivity index (χ1v) is 6.17. The van der Waals surface area contributed by atoms with Crippen LogP contribution in [0.3, 0.4) is 0 Å². The van der Waals surface area contributed by atoms with Gasteiger partial charge in [-0.15, -0.1) is 6.58 Å². The topological polar surface area (TPSA) is 12.0 Å². The third-order valence-electron chi connectivity index (χ3n) is 3.21. The Morgan fingerprint density at radius 3 is 2.79 bits per heavy atom. The standard InChI is InChI=1S/C13H25N/c1-3-4-5-6-7-10-14-13-9-8-12(2)11-13/h3,12-14H,1,4-11H2,2H3. The second kappa shape index (κ2) is 7.05.